The molecule has 0 saturated carbocycles. The second kappa shape index (κ2) is 57.6. The van der Waals surface area contributed by atoms with E-state index in [2.05, 4.69) is 106 Å². The maximum Gasteiger partial charge on any atom is 0.306 e. The van der Waals surface area contributed by atoms with Crippen LogP contribution in [-0.4, -0.2) is 37.2 Å². The molecule has 0 bridgehead atoms. The van der Waals surface area contributed by atoms with Crippen LogP contribution >= 0.6 is 0 Å². The predicted octanol–water partition coefficient (Wildman–Crippen LogP) is 19.5. The van der Waals surface area contributed by atoms with Crippen molar-refractivity contribution in [1.82, 2.24) is 0 Å². The van der Waals surface area contributed by atoms with Gasteiger partial charge in [0.1, 0.15) is 13.2 Å². The third-order valence-electron chi connectivity index (χ3n) is 12.2. The molecule has 0 fully saturated rings. The molecule has 0 aromatic heterocycles. The Hall–Kier alpha value is -3.93. The fraction of sp³-hybridized carbons (Fsp3) is 0.672. The van der Waals surface area contributed by atoms with Gasteiger partial charge >= 0.3 is 17.9 Å². The Balaban J connectivity index is 4.46. The highest BCUT2D eigenvalue weighted by atomic mass is 16.6. The van der Waals surface area contributed by atoms with Crippen LogP contribution in [0.25, 0.3) is 0 Å². The van der Waals surface area contributed by atoms with Crippen LogP contribution in [0.1, 0.15) is 258 Å². The molecular formula is C64H106O6. The molecule has 70 heavy (non-hydrogen) atoms. The van der Waals surface area contributed by atoms with Crippen LogP contribution in [0.2, 0.25) is 0 Å². The third kappa shape index (κ3) is 55.0. The summed E-state index contributed by atoms with van der Waals surface area (Å²) < 4.78 is 16.8. The first-order chi connectivity index (χ1) is 34.5. The van der Waals surface area contributed by atoms with Gasteiger partial charge in [0, 0.05) is 19.3 Å². The minimum Gasteiger partial charge on any atom is -0.462 e. The maximum atomic E-state index is 12.9. The smallest absolute Gasteiger partial charge is 0.306 e. The second-order valence-corrected chi connectivity index (χ2v) is 19.0. The number of carbonyl (C=O) groups is 3. The Morgan fingerprint density at radius 3 is 0.971 bits per heavy atom. The summed E-state index contributed by atoms with van der Waals surface area (Å²) in [4.78, 5) is 38.2. The number of rotatable bonds is 51. The van der Waals surface area contributed by atoms with E-state index in [0.29, 0.717) is 19.3 Å². The first kappa shape index (κ1) is 66.1. The number of hydrogen-bond donors (Lipinski definition) is 0. The first-order valence-corrected chi connectivity index (χ1v) is 29.0. The van der Waals surface area contributed by atoms with Gasteiger partial charge in [-0.2, -0.15) is 0 Å². The topological polar surface area (TPSA) is 78.9 Å². The van der Waals surface area contributed by atoms with Gasteiger partial charge in [-0.15, -0.1) is 0 Å². The molecule has 0 amide bonds. The molecule has 398 valence electrons. The molecule has 0 rings (SSSR count). The van der Waals surface area contributed by atoms with Crippen molar-refractivity contribution in [1.29, 1.82) is 0 Å². The van der Waals surface area contributed by atoms with E-state index in [0.717, 1.165) is 96.3 Å². The molecule has 0 aromatic carbocycles. The summed E-state index contributed by atoms with van der Waals surface area (Å²) in [5.41, 5.74) is 0. The van der Waals surface area contributed by atoms with Gasteiger partial charge in [-0.05, 0) is 83.5 Å². The van der Waals surface area contributed by atoms with Crippen molar-refractivity contribution in [2.24, 2.45) is 0 Å². The van der Waals surface area contributed by atoms with Crippen molar-refractivity contribution >= 4 is 17.9 Å². The van der Waals surface area contributed by atoms with Crippen LogP contribution in [0, 0.1) is 0 Å². The highest BCUT2D eigenvalue weighted by Crippen LogP contribution is 2.15. The molecule has 0 aliphatic carbocycles. The van der Waals surface area contributed by atoms with Crippen molar-refractivity contribution in [2.45, 2.75) is 264 Å². The summed E-state index contributed by atoms with van der Waals surface area (Å²) in [5, 5.41) is 0. The van der Waals surface area contributed by atoms with E-state index in [1.54, 1.807) is 0 Å². The lowest BCUT2D eigenvalue weighted by atomic mass is 10.1. The van der Waals surface area contributed by atoms with Crippen LogP contribution in [0.5, 0.6) is 0 Å². The van der Waals surface area contributed by atoms with Crippen molar-refractivity contribution < 1.29 is 28.6 Å². The minimum atomic E-state index is -0.801. The number of carbonyl (C=O) groups excluding carboxylic acids is 3. The average Bonchev–Trinajstić information content (AvgIpc) is 3.36. The van der Waals surface area contributed by atoms with Crippen LogP contribution in [-0.2, 0) is 28.6 Å². The van der Waals surface area contributed by atoms with Crippen molar-refractivity contribution in [2.75, 3.05) is 13.2 Å². The number of esters is 3. The molecule has 0 saturated heterocycles. The zero-order chi connectivity index (χ0) is 50.7. The largest absolute Gasteiger partial charge is 0.462 e. The summed E-state index contributed by atoms with van der Waals surface area (Å²) in [6, 6.07) is 0. The minimum absolute atomic E-state index is 0.0962. The number of allylic oxidation sites excluding steroid dienone is 18. The highest BCUT2D eigenvalue weighted by molar-refractivity contribution is 5.71. The molecule has 0 heterocycles. The number of hydrogen-bond acceptors (Lipinski definition) is 6. The van der Waals surface area contributed by atoms with E-state index in [1.165, 1.54) is 122 Å². The predicted molar refractivity (Wildman–Crippen MR) is 302 cm³/mol. The normalized spacial score (nSPS) is 12.9. The Morgan fingerprint density at radius 1 is 0.300 bits per heavy atom. The molecule has 1 unspecified atom stereocenters. The molecule has 0 aliphatic rings. The molecule has 6 heteroatoms. The van der Waals surface area contributed by atoms with Gasteiger partial charge in [-0.25, -0.2) is 0 Å². The lowest BCUT2D eigenvalue weighted by Gasteiger charge is -2.18. The third-order valence-corrected chi connectivity index (χ3v) is 12.2. The van der Waals surface area contributed by atoms with Crippen LogP contribution < -0.4 is 0 Å². The van der Waals surface area contributed by atoms with Crippen molar-refractivity contribution in [3.05, 3.63) is 109 Å². The zero-order valence-electron chi connectivity index (χ0n) is 45.5. The summed E-state index contributed by atoms with van der Waals surface area (Å²) in [6.07, 6.45) is 77.8. The van der Waals surface area contributed by atoms with E-state index < -0.39 is 6.10 Å². The fourth-order valence-electron chi connectivity index (χ4n) is 7.82. The Morgan fingerprint density at radius 2 is 0.600 bits per heavy atom. The van der Waals surface area contributed by atoms with E-state index in [1.807, 2.05) is 24.3 Å². The van der Waals surface area contributed by atoms with E-state index in [4.69, 9.17) is 14.2 Å². The highest BCUT2D eigenvalue weighted by Gasteiger charge is 2.19. The van der Waals surface area contributed by atoms with Gasteiger partial charge in [-0.3, -0.25) is 14.4 Å². The summed E-state index contributed by atoms with van der Waals surface area (Å²) in [7, 11) is 0. The first-order valence-electron chi connectivity index (χ1n) is 29.0. The second-order valence-electron chi connectivity index (χ2n) is 19.0. The van der Waals surface area contributed by atoms with E-state index in [-0.39, 0.29) is 31.1 Å². The van der Waals surface area contributed by atoms with Gasteiger partial charge in [0.05, 0.1) is 0 Å². The number of unbranched alkanes of at least 4 members (excludes halogenated alkanes) is 28. The Kier molecular flexibility index (Phi) is 54.4. The monoisotopic (exact) mass is 971 g/mol. The van der Waals surface area contributed by atoms with E-state index in [9.17, 15) is 14.4 Å². The molecule has 0 aliphatic heterocycles. The molecule has 0 N–H and O–H groups in total. The Bertz CT molecular complexity index is 1440. The van der Waals surface area contributed by atoms with Crippen LogP contribution in [0.3, 0.4) is 0 Å². The summed E-state index contributed by atoms with van der Waals surface area (Å²) in [5.74, 6) is -0.936. The maximum absolute atomic E-state index is 12.9. The van der Waals surface area contributed by atoms with Gasteiger partial charge in [0.2, 0.25) is 0 Å². The van der Waals surface area contributed by atoms with E-state index >= 15 is 0 Å². The lowest BCUT2D eigenvalue weighted by molar-refractivity contribution is -0.167. The molecule has 6 nitrogen and oxygen atoms in total. The fourth-order valence-corrected chi connectivity index (χ4v) is 7.82. The molecular weight excluding hydrogens is 865 g/mol. The lowest BCUT2D eigenvalue weighted by Crippen LogP contribution is -2.30. The number of ether oxygens (including phenoxy) is 3. The standard InChI is InChI=1S/C64H106O6/c1-4-7-10-13-16-19-22-25-28-30-32-34-36-39-42-45-48-51-54-57-63(66)69-60-61(59-68-62(65)56-53-50-47-44-41-38-35-27-24-21-18-15-12-9-6-3)70-64(67)58-55-52-49-46-43-40-37-33-31-29-26-23-20-17-14-11-8-5-2/h9,11-12,14-15,17-18,20-21,23-24,26,29-33,37,61H,4-8,10,13,16,19,22,25,27-28,34-36,38-60H2,1-3H3/b12-9-,14-11-,18-15-,20-17-,24-21-,26-23-,31-29-,32-30-,37-33-. The quantitative estimate of drug-likeness (QED) is 0.0199. The van der Waals surface area contributed by atoms with Crippen LogP contribution in [0.4, 0.5) is 0 Å². The molecule has 0 radical (unpaired) electrons. The van der Waals surface area contributed by atoms with Crippen LogP contribution in [0.15, 0.2) is 109 Å². The summed E-state index contributed by atoms with van der Waals surface area (Å²) >= 11 is 0. The molecule has 0 aromatic rings. The zero-order valence-corrected chi connectivity index (χ0v) is 45.5. The molecule has 0 spiro atoms. The average molecular weight is 972 g/mol. The SMILES string of the molecule is CC\C=C/C=C\C=C/CCCCCCCCCC(=O)OCC(COC(=O)CCCCCCCCC/C=C\CCCCCCCCCC)OC(=O)CCCCCCC\C=C/C=C\C=C/C=C\C=C/CCC. The summed E-state index contributed by atoms with van der Waals surface area (Å²) in [6.45, 7) is 6.39. The van der Waals surface area contributed by atoms with Crippen molar-refractivity contribution in [3.63, 3.8) is 0 Å². The van der Waals surface area contributed by atoms with Crippen molar-refractivity contribution in [3.8, 4) is 0 Å². The van der Waals surface area contributed by atoms with Gasteiger partial charge < -0.3 is 14.2 Å². The Labute approximate surface area is 431 Å². The van der Waals surface area contributed by atoms with Gasteiger partial charge in [0.25, 0.3) is 0 Å². The molecule has 1 atom stereocenters. The van der Waals surface area contributed by atoms with Gasteiger partial charge in [-0.1, -0.05) is 265 Å². The van der Waals surface area contributed by atoms with Gasteiger partial charge in [0.15, 0.2) is 6.10 Å².